The molecule has 0 spiro atoms. The van der Waals surface area contributed by atoms with Crippen molar-refractivity contribution in [2.75, 3.05) is 56.1 Å². The molecule has 12 rings (SSSR count). The van der Waals surface area contributed by atoms with Crippen LogP contribution in [-0.2, 0) is 23.7 Å². The van der Waals surface area contributed by atoms with Crippen molar-refractivity contribution in [3.05, 3.63) is 140 Å². The number of carboxylic acids is 1. The average Bonchev–Trinajstić information content (AvgIpc) is 1.71. The number of pyridine rings is 1. The molecule has 2 saturated carbocycles. The van der Waals surface area contributed by atoms with Gasteiger partial charge in [0.1, 0.15) is 78.5 Å². The minimum atomic E-state index is -1.76. The second-order valence-corrected chi connectivity index (χ2v) is 25.7. The summed E-state index contributed by atoms with van der Waals surface area (Å²) in [5.74, 6) is -2.60. The van der Waals surface area contributed by atoms with Crippen LogP contribution in [0.5, 0.6) is 0 Å². The number of anilines is 3. The van der Waals surface area contributed by atoms with Gasteiger partial charge in [-0.25, -0.2) is 14.2 Å². The summed E-state index contributed by atoms with van der Waals surface area (Å²) < 4.78 is 41.1. The molecule has 3 saturated heterocycles. The van der Waals surface area contributed by atoms with Crippen molar-refractivity contribution >= 4 is 74.1 Å². The molecule has 16 atom stereocenters. The number of para-hydroxylation sites is 2. The maximum absolute atomic E-state index is 14.6. The zero-order chi connectivity index (χ0) is 69.7. The SMILES string of the molecule is CC(C)N=c1cc2n(-c3ccc(Cl)cc3)c3ccccc3nc-2cc1Nc1ccc(Cl)cc1.NCC[C@H](O)C(=O)N[C@@H]1C[C@H](N)[C@@H](O[C@H]2O[C@H](CN)[C@@H](O)[C@H](O)[C@H]2O)[C@H](O)[C@H]1O[C@H]1O[C@H](CO)[C@@H](O)[C@H](N)[C@H]1O.O=C(O)c1cn(C2CC2)c2cc(N3CCNCC3)c(F)cc2c1=O. The smallest absolute Gasteiger partial charge is 0.341 e. The Kier molecular flexibility index (Phi) is 24.0. The van der Waals surface area contributed by atoms with Gasteiger partial charge in [-0.05, 0) is 131 Å². The second-order valence-electron chi connectivity index (χ2n) is 24.8. The number of aliphatic hydroxyl groups is 8. The van der Waals surface area contributed by atoms with Gasteiger partial charge in [-0.3, -0.25) is 14.6 Å². The number of fused-ring (bicyclic) bond motifs is 3. The number of piperazine rings is 1. The van der Waals surface area contributed by atoms with Crippen LogP contribution in [0.15, 0.2) is 113 Å². The number of aliphatic hydroxyl groups excluding tert-OH is 8. The Labute approximate surface area is 566 Å². The number of carbonyl (C=O) groups is 2. The Morgan fingerprint density at radius 1 is 0.814 bits per heavy atom. The molecule has 7 aliphatic rings. The molecule has 31 heteroatoms. The van der Waals surface area contributed by atoms with Crippen LogP contribution in [0.1, 0.15) is 55.9 Å². The highest BCUT2D eigenvalue weighted by Gasteiger charge is 2.53. The summed E-state index contributed by atoms with van der Waals surface area (Å²) in [6, 6.07) is 27.5. The lowest BCUT2D eigenvalue weighted by Crippen LogP contribution is -2.69. The molecule has 1 aromatic heterocycles. The summed E-state index contributed by atoms with van der Waals surface area (Å²) in [5, 5.41) is 103. The number of carbonyl (C=O) groups excluding carboxylic acids is 1. The van der Waals surface area contributed by atoms with E-state index in [9.17, 15) is 64.7 Å². The van der Waals surface area contributed by atoms with Gasteiger partial charge in [-0.2, -0.15) is 0 Å². The molecule has 5 aromatic rings. The number of nitrogens with two attached hydrogens (primary N) is 4. The maximum Gasteiger partial charge on any atom is 0.341 e. The van der Waals surface area contributed by atoms with E-state index in [1.807, 2.05) is 76.2 Å². The van der Waals surface area contributed by atoms with Crippen molar-refractivity contribution in [3.63, 3.8) is 0 Å². The summed E-state index contributed by atoms with van der Waals surface area (Å²) in [6.07, 6.45) is -16.5. The van der Waals surface area contributed by atoms with Crippen LogP contribution in [0, 0.1) is 5.82 Å². The molecule has 1 amide bonds. The van der Waals surface area contributed by atoms with E-state index >= 15 is 0 Å². The number of nitrogens with one attached hydrogen (secondary N) is 3. The fraction of sp³-hybridized carbons (Fsp3) is 0.470. The van der Waals surface area contributed by atoms with Crippen molar-refractivity contribution in [1.29, 1.82) is 0 Å². The van der Waals surface area contributed by atoms with Crippen LogP contribution in [0.2, 0.25) is 10.0 Å². The van der Waals surface area contributed by atoms with Gasteiger partial charge in [-0.1, -0.05) is 35.3 Å². The zero-order valence-corrected chi connectivity index (χ0v) is 54.6. The highest BCUT2D eigenvalue weighted by atomic mass is 35.5. The fourth-order valence-electron chi connectivity index (χ4n) is 12.3. The average molecular weight is 1390 g/mol. The van der Waals surface area contributed by atoms with E-state index in [4.69, 9.17) is 75.1 Å². The first-order valence-corrected chi connectivity index (χ1v) is 32.7. The molecule has 5 fully saturated rings. The van der Waals surface area contributed by atoms with Crippen LogP contribution in [0.3, 0.4) is 0 Å². The number of amides is 1. The Bertz CT molecular complexity index is 3960. The van der Waals surface area contributed by atoms with E-state index in [2.05, 4.69) is 52.6 Å². The molecule has 0 unspecified atom stereocenters. The maximum atomic E-state index is 14.6. The quantitative estimate of drug-likeness (QED) is 0.0557. The number of benzene rings is 5. The monoisotopic (exact) mass is 1390 g/mol. The van der Waals surface area contributed by atoms with Crippen LogP contribution in [0.25, 0.3) is 39.0 Å². The van der Waals surface area contributed by atoms with Gasteiger partial charge in [0.25, 0.3) is 0 Å². The number of hydrogen-bond acceptors (Lipinski definition) is 24. The van der Waals surface area contributed by atoms with Crippen molar-refractivity contribution in [2.24, 2.45) is 27.9 Å². The lowest BCUT2D eigenvalue weighted by atomic mass is 9.83. The number of ether oxygens (including phenoxy) is 4. The molecule has 4 aromatic carbocycles. The van der Waals surface area contributed by atoms with E-state index in [0.29, 0.717) is 34.3 Å². The molecule has 3 aliphatic carbocycles. The molecule has 5 heterocycles. The molecule has 20 N–H and O–H groups in total. The van der Waals surface area contributed by atoms with Gasteiger partial charge in [-0.15, -0.1) is 0 Å². The lowest BCUT2D eigenvalue weighted by Gasteiger charge is -2.49. The van der Waals surface area contributed by atoms with E-state index in [1.165, 1.54) is 12.3 Å². The van der Waals surface area contributed by atoms with Gasteiger partial charge < -0.3 is 118 Å². The Morgan fingerprint density at radius 2 is 1.46 bits per heavy atom. The van der Waals surface area contributed by atoms with Gasteiger partial charge in [0.15, 0.2) is 12.6 Å². The Hall–Kier alpha value is -6.92. The summed E-state index contributed by atoms with van der Waals surface area (Å²) in [7, 11) is 0. The van der Waals surface area contributed by atoms with Crippen molar-refractivity contribution in [2.45, 2.75) is 149 Å². The van der Waals surface area contributed by atoms with Crippen LogP contribution < -0.4 is 54.6 Å². The summed E-state index contributed by atoms with van der Waals surface area (Å²) in [4.78, 5) is 48.2. The number of halogens is 3. The normalized spacial score (nSPS) is 28.0. The number of aromatic carboxylic acids is 1. The third-order valence-electron chi connectivity index (χ3n) is 17.5. The summed E-state index contributed by atoms with van der Waals surface area (Å²) in [6.45, 7) is 6.21. The zero-order valence-electron chi connectivity index (χ0n) is 53.0. The predicted molar refractivity (Wildman–Crippen MR) is 358 cm³/mol. The molecular formula is C66H83Cl2FN12O16. The largest absolute Gasteiger partial charge is 0.477 e. The van der Waals surface area contributed by atoms with E-state index in [0.717, 1.165) is 70.8 Å². The number of carboxylic acid groups (broad SMARTS) is 1. The second kappa shape index (κ2) is 31.9. The first-order valence-electron chi connectivity index (χ1n) is 32.0. The number of rotatable bonds is 17. The van der Waals surface area contributed by atoms with E-state index in [-0.39, 0.29) is 49.0 Å². The Morgan fingerprint density at radius 3 is 2.10 bits per heavy atom. The molecule has 97 heavy (non-hydrogen) atoms. The topological polar surface area (TPSA) is 449 Å². The minimum absolute atomic E-state index is 0.0101. The van der Waals surface area contributed by atoms with Gasteiger partial charge in [0, 0.05) is 83.9 Å². The third-order valence-corrected chi connectivity index (χ3v) is 18.0. The van der Waals surface area contributed by atoms with E-state index in [1.54, 1.807) is 6.07 Å². The standard InChI is InChI=1S/C27H22Cl2N4.C22H43N5O13.C17H18FN3O3/c1-17(2)30-24-16-27-25(15-23(24)31-20-11-7-18(28)8-12-20)32-22-5-3-4-6-26(22)33(27)21-13-9-19(29)10-14-21;23-2-1-8(29)20(36)27-7-3-6(25)18(39-22-16(34)15(33)13(31)9(4-24)37-22)17(35)19(7)40-21-14(32)11(26)12(30)10(5-28)38-21;18-13-7-11-14(8-15(13)20-5-3-19-4-6-20)21(10-1-2-10)9-12(16(11)22)17(23)24/h3-17,31H,1-2H3;6-19,21-22,28-35H,1-5,23-26H2,(H,27,36);7-10,19H,1-6H2,(H,23,24)/t;6-,7+,8-,9+,10+,11-,12+,13+,14+,15-,16+,17-,18+,19-,21+,22+;/m.0./s1. The third kappa shape index (κ3) is 16.5. The lowest BCUT2D eigenvalue weighted by molar-refractivity contribution is -0.332. The van der Waals surface area contributed by atoms with Crippen LogP contribution in [-0.4, -0.2) is 222 Å². The van der Waals surface area contributed by atoms with Gasteiger partial charge in [0.05, 0.1) is 63.4 Å². The highest BCUT2D eigenvalue weighted by Crippen LogP contribution is 2.39. The van der Waals surface area contributed by atoms with Gasteiger partial charge >= 0.3 is 5.97 Å². The van der Waals surface area contributed by atoms with E-state index < -0.39 is 128 Å². The summed E-state index contributed by atoms with van der Waals surface area (Å²) >= 11 is 12.2. The van der Waals surface area contributed by atoms with Crippen molar-refractivity contribution in [3.8, 4) is 17.1 Å². The minimum Gasteiger partial charge on any atom is -0.477 e. The number of hydrogen-bond donors (Lipinski definition) is 16. The predicted octanol–water partition coefficient (Wildman–Crippen LogP) is 0.649. The van der Waals surface area contributed by atoms with Crippen molar-refractivity contribution in [1.82, 2.24) is 24.8 Å². The fourth-order valence-corrected chi connectivity index (χ4v) is 12.5. The molecule has 4 aliphatic heterocycles. The van der Waals surface area contributed by atoms with Crippen LogP contribution in [0.4, 0.5) is 21.5 Å². The summed E-state index contributed by atoms with van der Waals surface area (Å²) in [5.41, 5.74) is 29.8. The molecule has 0 radical (unpaired) electrons. The molecule has 28 nitrogen and oxygen atoms in total. The molecular weight excluding hydrogens is 1310 g/mol. The highest BCUT2D eigenvalue weighted by molar-refractivity contribution is 6.31. The molecule has 0 bridgehead atoms. The first-order chi connectivity index (χ1) is 46.4. The Balaban J connectivity index is 0.000000162. The van der Waals surface area contributed by atoms with Crippen LogP contribution >= 0.6 is 23.2 Å². The molecule has 524 valence electrons. The van der Waals surface area contributed by atoms with Crippen molar-refractivity contribution < 1.29 is 78.9 Å². The number of aromatic nitrogens is 3. The number of nitrogens with zero attached hydrogens (tertiary/aromatic N) is 5. The van der Waals surface area contributed by atoms with Gasteiger partial charge in [0.2, 0.25) is 11.3 Å². The first kappa shape index (κ1) is 72.8.